The molecule has 3 aromatic rings. The summed E-state index contributed by atoms with van der Waals surface area (Å²) in [6.07, 6.45) is 1.09. The highest BCUT2D eigenvalue weighted by Crippen LogP contribution is 2.29. The molecule has 0 aliphatic carbocycles. The Bertz CT molecular complexity index is 1310. The van der Waals surface area contributed by atoms with Crippen LogP contribution in [-0.4, -0.2) is 37.7 Å². The number of carbonyl (C=O) groups excluding carboxylic acids is 2. The number of thiazole rings is 1. The first kappa shape index (κ1) is 22.2. The van der Waals surface area contributed by atoms with Gasteiger partial charge in [-0.3, -0.25) is 9.59 Å². The van der Waals surface area contributed by atoms with Crippen LogP contribution >= 0.6 is 22.9 Å². The zero-order chi connectivity index (χ0) is 22.1. The normalized spacial score (nSPS) is 12.3. The molecule has 1 aromatic heterocycles. The van der Waals surface area contributed by atoms with Gasteiger partial charge >= 0.3 is 5.97 Å². The summed E-state index contributed by atoms with van der Waals surface area (Å²) in [4.78, 5) is 29.4. The van der Waals surface area contributed by atoms with Crippen LogP contribution < -0.4 is 4.80 Å². The Hall–Kier alpha value is -2.49. The van der Waals surface area contributed by atoms with Crippen LogP contribution in [0.3, 0.4) is 0 Å². The molecule has 2 aromatic carbocycles. The number of carbonyl (C=O) groups is 2. The summed E-state index contributed by atoms with van der Waals surface area (Å²) in [6, 6.07) is 9.11. The highest BCUT2D eigenvalue weighted by molar-refractivity contribution is 7.90. The highest BCUT2D eigenvalue weighted by Gasteiger charge is 2.16. The van der Waals surface area contributed by atoms with E-state index in [2.05, 4.69) is 4.99 Å². The van der Waals surface area contributed by atoms with E-state index in [9.17, 15) is 18.0 Å². The van der Waals surface area contributed by atoms with Crippen molar-refractivity contribution in [2.24, 2.45) is 4.99 Å². The van der Waals surface area contributed by atoms with Crippen LogP contribution in [-0.2, 0) is 25.9 Å². The number of esters is 1. The maximum Gasteiger partial charge on any atom is 0.326 e. The Labute approximate surface area is 182 Å². The molecule has 0 atom stereocenters. The third-order valence-corrected chi connectivity index (χ3v) is 6.97. The number of sulfone groups is 1. The molecular formula is C20H19ClN2O5S2. The van der Waals surface area contributed by atoms with Crippen molar-refractivity contribution in [3.05, 3.63) is 57.3 Å². The number of aryl methyl sites for hydroxylation is 1. The van der Waals surface area contributed by atoms with E-state index in [1.54, 1.807) is 17.6 Å². The lowest BCUT2D eigenvalue weighted by atomic mass is 10.2. The number of aromatic nitrogens is 1. The van der Waals surface area contributed by atoms with Crippen LogP contribution in [0.5, 0.6) is 0 Å². The second kappa shape index (κ2) is 8.71. The second-order valence-electron chi connectivity index (χ2n) is 6.53. The lowest BCUT2D eigenvalue weighted by Crippen LogP contribution is -2.23. The Morgan fingerprint density at radius 2 is 1.83 bits per heavy atom. The van der Waals surface area contributed by atoms with Crippen molar-refractivity contribution in [1.29, 1.82) is 0 Å². The van der Waals surface area contributed by atoms with Gasteiger partial charge in [0.1, 0.15) is 6.54 Å². The molecule has 3 rings (SSSR count). The largest absolute Gasteiger partial charge is 0.465 e. The summed E-state index contributed by atoms with van der Waals surface area (Å²) in [5, 5.41) is 0.490. The third kappa shape index (κ3) is 4.63. The van der Waals surface area contributed by atoms with Gasteiger partial charge in [-0.05, 0) is 49.7 Å². The van der Waals surface area contributed by atoms with Gasteiger partial charge in [-0.15, -0.1) is 0 Å². The van der Waals surface area contributed by atoms with Crippen molar-refractivity contribution in [1.82, 2.24) is 4.57 Å². The maximum atomic E-state index is 12.7. The van der Waals surface area contributed by atoms with Gasteiger partial charge in [0.05, 0.1) is 26.7 Å². The summed E-state index contributed by atoms with van der Waals surface area (Å²) in [6.45, 7) is 3.71. The van der Waals surface area contributed by atoms with Crippen LogP contribution in [0.2, 0.25) is 5.02 Å². The number of rotatable bonds is 5. The molecule has 0 saturated heterocycles. The Morgan fingerprint density at radius 3 is 2.43 bits per heavy atom. The van der Waals surface area contributed by atoms with Gasteiger partial charge in [0, 0.05) is 11.8 Å². The predicted molar refractivity (Wildman–Crippen MR) is 116 cm³/mol. The Kier molecular flexibility index (Phi) is 6.44. The predicted octanol–water partition coefficient (Wildman–Crippen LogP) is 3.37. The highest BCUT2D eigenvalue weighted by atomic mass is 35.5. The zero-order valence-electron chi connectivity index (χ0n) is 16.5. The van der Waals surface area contributed by atoms with Crippen LogP contribution in [0.15, 0.2) is 46.3 Å². The van der Waals surface area contributed by atoms with Crippen LogP contribution in [0.4, 0.5) is 0 Å². The minimum atomic E-state index is -3.37. The molecule has 10 heteroatoms. The van der Waals surface area contributed by atoms with Crippen LogP contribution in [0, 0.1) is 6.92 Å². The molecule has 0 N–H and O–H groups in total. The lowest BCUT2D eigenvalue weighted by Gasteiger charge is -2.07. The third-order valence-electron chi connectivity index (χ3n) is 4.30. The van der Waals surface area contributed by atoms with E-state index < -0.39 is 21.7 Å². The van der Waals surface area contributed by atoms with Crippen molar-refractivity contribution in [2.45, 2.75) is 25.3 Å². The van der Waals surface area contributed by atoms with Crippen LogP contribution in [0.1, 0.15) is 22.8 Å². The molecular weight excluding hydrogens is 448 g/mol. The van der Waals surface area contributed by atoms with E-state index in [-0.39, 0.29) is 23.6 Å². The first-order chi connectivity index (χ1) is 14.1. The van der Waals surface area contributed by atoms with Gasteiger partial charge in [-0.25, -0.2) is 8.42 Å². The van der Waals surface area contributed by atoms with Crippen molar-refractivity contribution in [2.75, 3.05) is 12.9 Å². The van der Waals surface area contributed by atoms with E-state index in [0.717, 1.165) is 11.8 Å². The van der Waals surface area contributed by atoms with E-state index >= 15 is 0 Å². The average Bonchev–Trinajstić information content (AvgIpc) is 3.03. The molecule has 0 aliphatic rings. The van der Waals surface area contributed by atoms with E-state index in [1.165, 1.54) is 35.6 Å². The van der Waals surface area contributed by atoms with Crippen LogP contribution in [0.25, 0.3) is 10.2 Å². The van der Waals surface area contributed by atoms with Crippen molar-refractivity contribution in [3.63, 3.8) is 0 Å². The second-order valence-corrected chi connectivity index (χ2v) is 9.93. The Morgan fingerprint density at radius 1 is 1.17 bits per heavy atom. The monoisotopic (exact) mass is 466 g/mol. The number of nitrogens with zero attached hydrogens (tertiary/aromatic N) is 2. The minimum Gasteiger partial charge on any atom is -0.465 e. The van der Waals surface area contributed by atoms with Gasteiger partial charge < -0.3 is 9.30 Å². The topological polar surface area (TPSA) is 94.8 Å². The van der Waals surface area contributed by atoms with Gasteiger partial charge in [0.2, 0.25) is 0 Å². The van der Waals surface area contributed by atoms with Crippen molar-refractivity contribution >= 4 is 54.9 Å². The summed E-state index contributed by atoms with van der Waals surface area (Å²) in [5.74, 6) is -1.02. The summed E-state index contributed by atoms with van der Waals surface area (Å²) >= 11 is 7.52. The zero-order valence-corrected chi connectivity index (χ0v) is 18.9. The smallest absolute Gasteiger partial charge is 0.326 e. The fourth-order valence-corrected chi connectivity index (χ4v) is 4.89. The number of hydrogen-bond acceptors (Lipinski definition) is 6. The van der Waals surface area contributed by atoms with E-state index in [0.29, 0.717) is 20.0 Å². The molecule has 7 nitrogen and oxygen atoms in total. The molecule has 0 unspecified atom stereocenters. The fourth-order valence-electron chi connectivity index (χ4n) is 2.88. The minimum absolute atomic E-state index is 0.112. The molecule has 30 heavy (non-hydrogen) atoms. The van der Waals surface area contributed by atoms with Crippen molar-refractivity contribution < 1.29 is 22.7 Å². The van der Waals surface area contributed by atoms with Gasteiger partial charge in [0.15, 0.2) is 14.6 Å². The molecule has 0 saturated carbocycles. The van der Waals surface area contributed by atoms with E-state index in [1.807, 2.05) is 13.0 Å². The molecule has 0 spiro atoms. The quantitative estimate of drug-likeness (QED) is 0.537. The first-order valence-electron chi connectivity index (χ1n) is 8.95. The molecule has 0 radical (unpaired) electrons. The summed E-state index contributed by atoms with van der Waals surface area (Å²) < 4.78 is 30.6. The number of halogens is 1. The lowest BCUT2D eigenvalue weighted by molar-refractivity contribution is -0.143. The standard InChI is InChI=1S/C20H19ClN2O5S2/c1-4-28-16(24)11-23-17-12(2)5-10-15(21)18(17)29-20(23)22-19(25)13-6-8-14(9-7-13)30(3,26)27/h5-10H,4,11H2,1-3H3. The number of benzene rings is 2. The molecule has 1 amide bonds. The van der Waals surface area contributed by atoms with Gasteiger partial charge in [0.25, 0.3) is 5.91 Å². The average molecular weight is 467 g/mol. The fraction of sp³-hybridized carbons (Fsp3) is 0.250. The molecule has 0 fully saturated rings. The number of amides is 1. The molecule has 1 heterocycles. The van der Waals surface area contributed by atoms with Gasteiger partial charge in [-0.1, -0.05) is 29.0 Å². The van der Waals surface area contributed by atoms with E-state index in [4.69, 9.17) is 16.3 Å². The number of hydrogen-bond donors (Lipinski definition) is 0. The SMILES string of the molecule is CCOC(=O)Cn1c(=NC(=O)c2ccc(S(C)(=O)=O)cc2)sc2c(Cl)ccc(C)c21. The summed E-state index contributed by atoms with van der Waals surface area (Å²) in [7, 11) is -3.37. The Balaban J connectivity index is 2.13. The first-order valence-corrected chi connectivity index (χ1v) is 12.0. The number of ether oxygens (including phenoxy) is 1. The maximum absolute atomic E-state index is 12.7. The van der Waals surface area contributed by atoms with Crippen molar-refractivity contribution in [3.8, 4) is 0 Å². The molecule has 158 valence electrons. The summed E-state index contributed by atoms with van der Waals surface area (Å²) in [5.41, 5.74) is 1.81. The number of fused-ring (bicyclic) bond motifs is 1. The molecule has 0 aliphatic heterocycles. The molecule has 0 bridgehead atoms. The van der Waals surface area contributed by atoms with Gasteiger partial charge in [-0.2, -0.15) is 4.99 Å².